The molecule has 2 aromatic rings. The Hall–Kier alpha value is -3.04. The van der Waals surface area contributed by atoms with Gasteiger partial charge in [-0.15, -0.1) is 0 Å². The molecule has 0 radical (unpaired) electrons. The topological polar surface area (TPSA) is 79.1 Å². The Kier molecular flexibility index (Phi) is 4.63. The first-order valence-corrected chi connectivity index (χ1v) is 10.6. The molecule has 3 aliphatic rings. The van der Waals surface area contributed by atoms with E-state index in [4.69, 9.17) is 9.72 Å². The molecule has 5 rings (SSSR count). The highest BCUT2D eigenvalue weighted by atomic mass is 16.5. The highest BCUT2D eigenvalue weighted by molar-refractivity contribution is 6.02. The van der Waals surface area contributed by atoms with Gasteiger partial charge in [-0.2, -0.15) is 5.26 Å². The number of ketones is 1. The van der Waals surface area contributed by atoms with E-state index in [9.17, 15) is 10.1 Å². The number of aryl methyl sites for hydroxylation is 1. The summed E-state index contributed by atoms with van der Waals surface area (Å²) in [6, 6.07) is 12.4. The maximum Gasteiger partial charge on any atom is 0.225 e. The normalized spacial score (nSPS) is 28.2. The summed E-state index contributed by atoms with van der Waals surface area (Å²) in [7, 11) is 0. The summed E-state index contributed by atoms with van der Waals surface area (Å²) < 4.78 is 5.48. The summed E-state index contributed by atoms with van der Waals surface area (Å²) in [6.07, 6.45) is 5.54. The van der Waals surface area contributed by atoms with Crippen LogP contribution in [0.25, 0.3) is 0 Å². The predicted molar refractivity (Wildman–Crippen MR) is 112 cm³/mol. The number of anilines is 1. The van der Waals surface area contributed by atoms with Crippen LogP contribution < -0.4 is 4.90 Å². The van der Waals surface area contributed by atoms with E-state index in [-0.39, 0.29) is 23.2 Å². The second-order valence-electron chi connectivity index (χ2n) is 8.35. The monoisotopic (exact) mass is 400 g/mol. The van der Waals surface area contributed by atoms with Crippen LogP contribution in [0.4, 0.5) is 5.95 Å². The predicted octanol–water partition coefficient (Wildman–Crippen LogP) is 2.83. The molecule has 1 fully saturated rings. The third-order valence-corrected chi connectivity index (χ3v) is 6.87. The second kappa shape index (κ2) is 7.33. The van der Waals surface area contributed by atoms with Gasteiger partial charge in [-0.05, 0) is 36.0 Å². The van der Waals surface area contributed by atoms with E-state index in [0.29, 0.717) is 19.2 Å². The Morgan fingerprint density at radius 2 is 2.00 bits per heavy atom. The number of nitriles is 1. The molecule has 6 nitrogen and oxygen atoms in total. The van der Waals surface area contributed by atoms with Gasteiger partial charge in [0.1, 0.15) is 6.07 Å². The van der Waals surface area contributed by atoms with Crippen molar-refractivity contribution in [3.63, 3.8) is 0 Å². The van der Waals surface area contributed by atoms with Crippen LogP contribution >= 0.6 is 0 Å². The Morgan fingerprint density at radius 1 is 1.23 bits per heavy atom. The van der Waals surface area contributed by atoms with Crippen molar-refractivity contribution in [1.82, 2.24) is 9.97 Å². The fraction of sp³-hybridized carbons (Fsp3) is 0.417. The standard InChI is InChI=1S/C24H24N4O2/c1-16-20-8-7-17-15-26-23(28-9-11-30-12-10-28)27-22(17)24(20,13-18(14-25)21(16)29)19-5-3-2-4-6-19/h2-6,13,15-16,20H,7-12H2,1H3/t16-,20-,24+/m0/s1. The number of nitrogens with zero attached hydrogens (tertiary/aromatic N) is 4. The van der Waals surface area contributed by atoms with Gasteiger partial charge in [-0.1, -0.05) is 37.3 Å². The molecule has 1 aromatic carbocycles. The lowest BCUT2D eigenvalue weighted by atomic mass is 9.54. The zero-order chi connectivity index (χ0) is 20.7. The van der Waals surface area contributed by atoms with Gasteiger partial charge in [0.2, 0.25) is 5.95 Å². The fourth-order valence-corrected chi connectivity index (χ4v) is 5.35. The van der Waals surface area contributed by atoms with Crippen molar-refractivity contribution in [2.24, 2.45) is 11.8 Å². The van der Waals surface area contributed by atoms with Crippen molar-refractivity contribution in [3.8, 4) is 6.07 Å². The third-order valence-electron chi connectivity index (χ3n) is 6.87. The fourth-order valence-electron chi connectivity index (χ4n) is 5.35. The molecule has 0 bridgehead atoms. The Labute approximate surface area is 176 Å². The highest BCUT2D eigenvalue weighted by Gasteiger charge is 2.53. The Bertz CT molecular complexity index is 1050. The van der Waals surface area contributed by atoms with Gasteiger partial charge >= 0.3 is 0 Å². The van der Waals surface area contributed by atoms with Crippen molar-refractivity contribution in [2.75, 3.05) is 31.2 Å². The van der Waals surface area contributed by atoms with Gasteiger partial charge in [0.05, 0.1) is 29.9 Å². The summed E-state index contributed by atoms with van der Waals surface area (Å²) >= 11 is 0. The van der Waals surface area contributed by atoms with Gasteiger partial charge in [0.25, 0.3) is 0 Å². The number of ether oxygens (including phenoxy) is 1. The minimum atomic E-state index is -0.600. The lowest BCUT2D eigenvalue weighted by Gasteiger charge is -2.48. The van der Waals surface area contributed by atoms with Crippen molar-refractivity contribution in [2.45, 2.75) is 25.2 Å². The third kappa shape index (κ3) is 2.77. The van der Waals surface area contributed by atoms with E-state index in [1.165, 1.54) is 0 Å². The molecule has 1 aromatic heterocycles. The molecular weight excluding hydrogens is 376 g/mol. The number of hydrogen-bond donors (Lipinski definition) is 0. The molecule has 1 aliphatic heterocycles. The first-order valence-electron chi connectivity index (χ1n) is 10.6. The number of morpholine rings is 1. The molecule has 1 saturated heterocycles. The summed E-state index contributed by atoms with van der Waals surface area (Å²) in [6.45, 7) is 4.81. The summed E-state index contributed by atoms with van der Waals surface area (Å²) in [5.41, 5.74) is 2.75. The summed E-state index contributed by atoms with van der Waals surface area (Å²) in [5, 5.41) is 9.74. The van der Waals surface area contributed by atoms with Gasteiger partial charge in [0.15, 0.2) is 5.78 Å². The van der Waals surface area contributed by atoms with E-state index in [2.05, 4.69) is 28.1 Å². The van der Waals surface area contributed by atoms with E-state index < -0.39 is 5.41 Å². The summed E-state index contributed by atoms with van der Waals surface area (Å²) in [4.78, 5) is 24.8. The maximum absolute atomic E-state index is 12.9. The number of aromatic nitrogens is 2. The van der Waals surface area contributed by atoms with Gasteiger partial charge in [-0.3, -0.25) is 4.79 Å². The summed E-state index contributed by atoms with van der Waals surface area (Å²) in [5.74, 6) is 0.466. The largest absolute Gasteiger partial charge is 0.378 e. The first kappa shape index (κ1) is 19.0. The Morgan fingerprint density at radius 3 is 2.73 bits per heavy atom. The van der Waals surface area contributed by atoms with Crippen LogP contribution in [0.3, 0.4) is 0 Å². The van der Waals surface area contributed by atoms with E-state index in [1.807, 2.05) is 37.4 Å². The molecule has 0 unspecified atom stereocenters. The molecule has 0 amide bonds. The average molecular weight is 400 g/mol. The number of carbonyl (C=O) groups is 1. The van der Waals surface area contributed by atoms with Gasteiger partial charge in [0, 0.05) is 25.2 Å². The molecule has 2 aliphatic carbocycles. The van der Waals surface area contributed by atoms with Crippen LogP contribution in [0, 0.1) is 23.2 Å². The second-order valence-corrected chi connectivity index (χ2v) is 8.35. The maximum atomic E-state index is 12.9. The lowest BCUT2D eigenvalue weighted by Crippen LogP contribution is -2.49. The average Bonchev–Trinajstić information content (AvgIpc) is 2.82. The van der Waals surface area contributed by atoms with Crippen LogP contribution in [0.2, 0.25) is 0 Å². The highest BCUT2D eigenvalue weighted by Crippen LogP contribution is 2.53. The van der Waals surface area contributed by atoms with Gasteiger partial charge in [-0.25, -0.2) is 9.97 Å². The zero-order valence-electron chi connectivity index (χ0n) is 17.0. The Balaban J connectivity index is 1.76. The SMILES string of the molecule is C[C@@H]1C(=O)C(C#N)=C[C@]2(c3ccccc3)c3nc(N4CCOCC4)ncc3CC[C@@H]12. The van der Waals surface area contributed by atoms with Crippen molar-refractivity contribution in [1.29, 1.82) is 5.26 Å². The van der Waals surface area contributed by atoms with Crippen LogP contribution in [-0.2, 0) is 21.4 Å². The number of allylic oxidation sites excluding steroid dienone is 2. The number of Topliss-reactive ketones (excluding diaryl/α,β-unsaturated/α-hetero) is 1. The zero-order valence-corrected chi connectivity index (χ0v) is 17.0. The minimum Gasteiger partial charge on any atom is -0.378 e. The molecule has 6 heteroatoms. The van der Waals surface area contributed by atoms with Crippen molar-refractivity contribution < 1.29 is 9.53 Å². The van der Waals surface area contributed by atoms with Crippen molar-refractivity contribution >= 4 is 11.7 Å². The van der Waals surface area contributed by atoms with Crippen LogP contribution in [0.5, 0.6) is 0 Å². The molecule has 152 valence electrons. The quantitative estimate of drug-likeness (QED) is 0.771. The molecule has 0 spiro atoms. The molecular formula is C24H24N4O2. The molecule has 0 saturated carbocycles. The number of rotatable bonds is 2. The molecule has 30 heavy (non-hydrogen) atoms. The van der Waals surface area contributed by atoms with E-state index in [0.717, 1.165) is 42.8 Å². The van der Waals surface area contributed by atoms with E-state index >= 15 is 0 Å². The van der Waals surface area contributed by atoms with Crippen molar-refractivity contribution in [3.05, 3.63) is 65.0 Å². The number of fused-ring (bicyclic) bond motifs is 3. The smallest absolute Gasteiger partial charge is 0.225 e. The minimum absolute atomic E-state index is 0.0556. The molecule has 3 atom stereocenters. The van der Waals surface area contributed by atoms with E-state index in [1.54, 1.807) is 0 Å². The molecule has 2 heterocycles. The number of hydrogen-bond acceptors (Lipinski definition) is 6. The molecule has 0 N–H and O–H groups in total. The van der Waals surface area contributed by atoms with Crippen LogP contribution in [-0.4, -0.2) is 42.1 Å². The first-order chi connectivity index (χ1) is 14.6. The van der Waals surface area contributed by atoms with Crippen LogP contribution in [0.1, 0.15) is 30.2 Å². The number of carbonyl (C=O) groups excluding carboxylic acids is 1. The van der Waals surface area contributed by atoms with Crippen LogP contribution in [0.15, 0.2) is 48.2 Å². The number of benzene rings is 1. The van der Waals surface area contributed by atoms with Gasteiger partial charge < -0.3 is 9.64 Å². The lowest BCUT2D eigenvalue weighted by molar-refractivity contribution is -0.121.